The Morgan fingerprint density at radius 3 is 2.82 bits per heavy atom. The lowest BCUT2D eigenvalue weighted by molar-refractivity contribution is 0.105. The van der Waals surface area contributed by atoms with Crippen LogP contribution in [-0.2, 0) is 4.74 Å². The lowest BCUT2D eigenvalue weighted by Crippen LogP contribution is -2.21. The second-order valence-electron chi connectivity index (χ2n) is 4.45. The maximum Gasteiger partial charge on any atom is 0.0660 e. The molecule has 0 aliphatic heterocycles. The molecule has 0 spiro atoms. The molecule has 2 atom stereocenters. The van der Waals surface area contributed by atoms with Gasteiger partial charge < -0.3 is 9.84 Å². The summed E-state index contributed by atoms with van der Waals surface area (Å²) in [6, 6.07) is 8.38. The van der Waals surface area contributed by atoms with Gasteiger partial charge in [0.05, 0.1) is 6.10 Å². The quantitative estimate of drug-likeness (QED) is 0.758. The number of ether oxygens (including phenoxy) is 1. The van der Waals surface area contributed by atoms with E-state index in [1.165, 1.54) is 10.5 Å². The van der Waals surface area contributed by atoms with Gasteiger partial charge in [0.1, 0.15) is 0 Å². The molecular formula is C14H22O2S. The van der Waals surface area contributed by atoms with Crippen LogP contribution in [0.5, 0.6) is 0 Å². The second kappa shape index (κ2) is 7.75. The predicted octanol–water partition coefficient (Wildman–Crippen LogP) is 3.12. The van der Waals surface area contributed by atoms with Crippen molar-refractivity contribution in [1.82, 2.24) is 0 Å². The van der Waals surface area contributed by atoms with Crippen molar-refractivity contribution in [1.29, 1.82) is 0 Å². The van der Waals surface area contributed by atoms with Crippen LogP contribution < -0.4 is 0 Å². The molecule has 1 rings (SSSR count). The number of hydrogen-bond donors (Lipinski definition) is 1. The first kappa shape index (κ1) is 14.6. The first-order valence-electron chi connectivity index (χ1n) is 6.00. The van der Waals surface area contributed by atoms with E-state index in [9.17, 15) is 5.11 Å². The SMILES string of the molecule is COCCC(C)C(O)CSc1cccc(C)c1. The Balaban J connectivity index is 2.34. The average molecular weight is 254 g/mol. The van der Waals surface area contributed by atoms with E-state index in [1.807, 2.05) is 0 Å². The van der Waals surface area contributed by atoms with Crippen LogP contribution in [0, 0.1) is 12.8 Å². The zero-order valence-corrected chi connectivity index (χ0v) is 11.7. The summed E-state index contributed by atoms with van der Waals surface area (Å²) in [5.74, 6) is 1.03. The molecule has 1 aromatic carbocycles. The summed E-state index contributed by atoms with van der Waals surface area (Å²) < 4.78 is 5.02. The number of rotatable bonds is 7. The van der Waals surface area contributed by atoms with Crippen molar-refractivity contribution in [3.63, 3.8) is 0 Å². The number of hydrogen-bond acceptors (Lipinski definition) is 3. The number of benzene rings is 1. The van der Waals surface area contributed by atoms with Gasteiger partial charge in [0.15, 0.2) is 0 Å². The number of aliphatic hydroxyl groups excluding tert-OH is 1. The van der Waals surface area contributed by atoms with Crippen molar-refractivity contribution < 1.29 is 9.84 Å². The van der Waals surface area contributed by atoms with Gasteiger partial charge in [-0.15, -0.1) is 11.8 Å². The minimum absolute atomic E-state index is 0.268. The normalized spacial score (nSPS) is 14.6. The predicted molar refractivity (Wildman–Crippen MR) is 73.6 cm³/mol. The van der Waals surface area contributed by atoms with Crippen molar-refractivity contribution in [2.24, 2.45) is 5.92 Å². The molecule has 0 radical (unpaired) electrons. The maximum absolute atomic E-state index is 10.00. The molecule has 96 valence electrons. The Kier molecular flexibility index (Phi) is 6.63. The van der Waals surface area contributed by atoms with Gasteiger partial charge in [0.25, 0.3) is 0 Å². The molecular weight excluding hydrogens is 232 g/mol. The summed E-state index contributed by atoms with van der Waals surface area (Å²) in [6.07, 6.45) is 0.641. The van der Waals surface area contributed by atoms with Gasteiger partial charge in [-0.2, -0.15) is 0 Å². The van der Waals surface area contributed by atoms with Gasteiger partial charge in [0.2, 0.25) is 0 Å². The monoisotopic (exact) mass is 254 g/mol. The Morgan fingerprint density at radius 2 is 2.18 bits per heavy atom. The van der Waals surface area contributed by atoms with Crippen LogP contribution in [0.4, 0.5) is 0 Å². The summed E-state index contributed by atoms with van der Waals surface area (Å²) in [6.45, 7) is 4.87. The van der Waals surface area contributed by atoms with Crippen molar-refractivity contribution in [2.45, 2.75) is 31.3 Å². The number of aryl methyl sites for hydroxylation is 1. The van der Waals surface area contributed by atoms with Crippen LogP contribution in [0.1, 0.15) is 18.9 Å². The summed E-state index contributed by atoms with van der Waals surface area (Å²) in [5, 5.41) is 10.00. The van der Waals surface area contributed by atoms with Gasteiger partial charge in [-0.3, -0.25) is 0 Å². The molecule has 0 amide bonds. The first-order valence-corrected chi connectivity index (χ1v) is 6.98. The van der Waals surface area contributed by atoms with Crippen LogP contribution in [-0.4, -0.2) is 30.7 Å². The number of thioether (sulfide) groups is 1. The zero-order valence-electron chi connectivity index (χ0n) is 10.8. The summed E-state index contributed by atoms with van der Waals surface area (Å²) >= 11 is 1.71. The fourth-order valence-corrected chi connectivity index (χ4v) is 2.68. The molecule has 1 N–H and O–H groups in total. The topological polar surface area (TPSA) is 29.5 Å². The molecule has 3 heteroatoms. The van der Waals surface area contributed by atoms with E-state index in [2.05, 4.69) is 38.1 Å². The van der Waals surface area contributed by atoms with E-state index in [4.69, 9.17) is 4.74 Å². The lowest BCUT2D eigenvalue weighted by Gasteiger charge is -2.18. The summed E-state index contributed by atoms with van der Waals surface area (Å²) in [5.41, 5.74) is 1.26. The highest BCUT2D eigenvalue weighted by molar-refractivity contribution is 7.99. The molecule has 17 heavy (non-hydrogen) atoms. The van der Waals surface area contributed by atoms with E-state index < -0.39 is 0 Å². The third-order valence-corrected chi connectivity index (χ3v) is 3.94. The third-order valence-electron chi connectivity index (χ3n) is 2.84. The molecule has 0 aromatic heterocycles. The van der Waals surface area contributed by atoms with Gasteiger partial charge in [0, 0.05) is 24.4 Å². The standard InChI is InChI=1S/C14H22O2S/c1-11-5-4-6-13(9-11)17-10-14(15)12(2)7-8-16-3/h4-6,9,12,14-15H,7-8,10H2,1-3H3. The summed E-state index contributed by atoms with van der Waals surface area (Å²) in [7, 11) is 1.70. The highest BCUT2D eigenvalue weighted by Crippen LogP contribution is 2.22. The maximum atomic E-state index is 10.00. The molecule has 0 saturated carbocycles. The van der Waals surface area contributed by atoms with E-state index in [-0.39, 0.29) is 12.0 Å². The molecule has 2 nitrogen and oxygen atoms in total. The van der Waals surface area contributed by atoms with Crippen LogP contribution in [0.15, 0.2) is 29.2 Å². The van der Waals surface area contributed by atoms with Crippen molar-refractivity contribution >= 4 is 11.8 Å². The molecule has 0 saturated heterocycles. The molecule has 0 aliphatic rings. The Bertz CT molecular complexity index is 328. The lowest BCUT2D eigenvalue weighted by atomic mass is 10.0. The Morgan fingerprint density at radius 1 is 1.41 bits per heavy atom. The van der Waals surface area contributed by atoms with Gasteiger partial charge in [-0.05, 0) is 31.4 Å². The highest BCUT2D eigenvalue weighted by atomic mass is 32.2. The summed E-state index contributed by atoms with van der Waals surface area (Å²) in [4.78, 5) is 1.22. The van der Waals surface area contributed by atoms with Crippen LogP contribution >= 0.6 is 11.8 Å². The van der Waals surface area contributed by atoms with Gasteiger partial charge in [-0.25, -0.2) is 0 Å². The van der Waals surface area contributed by atoms with Crippen molar-refractivity contribution in [2.75, 3.05) is 19.5 Å². The van der Waals surface area contributed by atoms with Crippen LogP contribution in [0.2, 0.25) is 0 Å². The molecule has 0 bridgehead atoms. The molecule has 0 heterocycles. The average Bonchev–Trinajstić information content (AvgIpc) is 2.33. The van der Waals surface area contributed by atoms with Gasteiger partial charge >= 0.3 is 0 Å². The fraction of sp³-hybridized carbons (Fsp3) is 0.571. The number of methoxy groups -OCH3 is 1. The Hall–Kier alpha value is -0.510. The molecule has 0 fully saturated rings. The fourth-order valence-electron chi connectivity index (χ4n) is 1.55. The third kappa shape index (κ3) is 5.57. The van der Waals surface area contributed by atoms with E-state index in [0.717, 1.165) is 12.2 Å². The van der Waals surface area contributed by atoms with Crippen molar-refractivity contribution in [3.8, 4) is 0 Å². The van der Waals surface area contributed by atoms with E-state index in [1.54, 1.807) is 18.9 Å². The van der Waals surface area contributed by atoms with Gasteiger partial charge in [-0.1, -0.05) is 24.6 Å². The van der Waals surface area contributed by atoms with Crippen LogP contribution in [0.25, 0.3) is 0 Å². The molecule has 2 unspecified atom stereocenters. The number of aliphatic hydroxyl groups is 1. The zero-order chi connectivity index (χ0) is 12.7. The minimum Gasteiger partial charge on any atom is -0.392 e. The van der Waals surface area contributed by atoms with Crippen molar-refractivity contribution in [3.05, 3.63) is 29.8 Å². The van der Waals surface area contributed by atoms with Crippen LogP contribution in [0.3, 0.4) is 0 Å². The smallest absolute Gasteiger partial charge is 0.0660 e. The van der Waals surface area contributed by atoms with E-state index in [0.29, 0.717) is 6.61 Å². The first-order chi connectivity index (χ1) is 8.13. The molecule has 0 aliphatic carbocycles. The Labute approximate surface area is 108 Å². The highest BCUT2D eigenvalue weighted by Gasteiger charge is 2.14. The minimum atomic E-state index is -0.268. The molecule has 1 aromatic rings. The van der Waals surface area contributed by atoms with E-state index >= 15 is 0 Å². The second-order valence-corrected chi connectivity index (χ2v) is 5.55. The largest absolute Gasteiger partial charge is 0.392 e.